The van der Waals surface area contributed by atoms with Gasteiger partial charge in [0.15, 0.2) is 0 Å². The summed E-state index contributed by atoms with van der Waals surface area (Å²) in [6.07, 6.45) is 0. The third-order valence-electron chi connectivity index (χ3n) is 3.05. The molecule has 0 aliphatic heterocycles. The van der Waals surface area contributed by atoms with Crippen molar-refractivity contribution < 1.29 is 9.59 Å². The Kier molecular flexibility index (Phi) is 6.00. The van der Waals surface area contributed by atoms with Gasteiger partial charge in [-0.15, -0.1) is 0 Å². The molecule has 23 heavy (non-hydrogen) atoms. The largest absolute Gasteiger partial charge is 0.376 e. The van der Waals surface area contributed by atoms with E-state index >= 15 is 0 Å². The van der Waals surface area contributed by atoms with Gasteiger partial charge in [0.2, 0.25) is 5.91 Å². The lowest BCUT2D eigenvalue weighted by atomic mass is 10.2. The van der Waals surface area contributed by atoms with E-state index in [1.807, 2.05) is 6.92 Å². The molecule has 6 heteroatoms. The zero-order valence-electron chi connectivity index (χ0n) is 12.7. The Hall–Kier alpha value is -2.53. The lowest BCUT2D eigenvalue weighted by molar-refractivity contribution is -0.114. The molecule has 0 fully saturated rings. The third kappa shape index (κ3) is 5.30. The molecule has 0 atom stereocenters. The Balaban J connectivity index is 1.85. The maximum absolute atomic E-state index is 11.9. The van der Waals surface area contributed by atoms with Gasteiger partial charge in [-0.3, -0.25) is 9.59 Å². The van der Waals surface area contributed by atoms with Gasteiger partial charge in [0, 0.05) is 28.5 Å². The first-order valence-electron chi connectivity index (χ1n) is 7.26. The van der Waals surface area contributed by atoms with Crippen molar-refractivity contribution in [1.29, 1.82) is 0 Å². The maximum atomic E-state index is 11.9. The number of carbonyl (C=O) groups is 2. The summed E-state index contributed by atoms with van der Waals surface area (Å²) in [4.78, 5) is 23.5. The average molecular weight is 332 g/mol. The van der Waals surface area contributed by atoms with Crippen molar-refractivity contribution in [3.63, 3.8) is 0 Å². The molecule has 2 amide bonds. The summed E-state index contributed by atoms with van der Waals surface area (Å²) in [6.45, 7) is 2.57. The van der Waals surface area contributed by atoms with E-state index in [1.165, 1.54) is 0 Å². The van der Waals surface area contributed by atoms with Gasteiger partial charge in [-0.2, -0.15) is 0 Å². The number of anilines is 2. The van der Waals surface area contributed by atoms with Crippen LogP contribution in [0.25, 0.3) is 0 Å². The first-order valence-corrected chi connectivity index (χ1v) is 7.64. The van der Waals surface area contributed by atoms with Crippen molar-refractivity contribution in [2.45, 2.75) is 6.92 Å². The molecule has 120 valence electrons. The molecule has 0 heterocycles. The van der Waals surface area contributed by atoms with E-state index in [0.717, 1.165) is 5.69 Å². The fraction of sp³-hybridized carbons (Fsp3) is 0.176. The van der Waals surface area contributed by atoms with Crippen molar-refractivity contribution in [1.82, 2.24) is 5.32 Å². The van der Waals surface area contributed by atoms with Crippen LogP contribution < -0.4 is 16.0 Å². The van der Waals surface area contributed by atoms with Gasteiger partial charge in [-0.05, 0) is 49.4 Å². The zero-order valence-corrected chi connectivity index (χ0v) is 13.5. The molecule has 2 aromatic rings. The van der Waals surface area contributed by atoms with E-state index in [1.54, 1.807) is 48.5 Å². The van der Waals surface area contributed by atoms with Crippen molar-refractivity contribution in [3.05, 3.63) is 59.1 Å². The SMILES string of the molecule is CCNC(=O)c1ccc(NCC(=O)Nc2cccc(Cl)c2)cc1. The molecule has 0 saturated carbocycles. The van der Waals surface area contributed by atoms with E-state index in [9.17, 15) is 9.59 Å². The number of halogens is 1. The number of rotatable bonds is 6. The number of amides is 2. The van der Waals surface area contributed by atoms with Crippen molar-refractivity contribution >= 4 is 34.8 Å². The smallest absolute Gasteiger partial charge is 0.251 e. The first kappa shape index (κ1) is 16.8. The highest BCUT2D eigenvalue weighted by Gasteiger charge is 2.05. The second kappa shape index (κ2) is 8.19. The summed E-state index contributed by atoms with van der Waals surface area (Å²) in [5.41, 5.74) is 2.00. The fourth-order valence-electron chi connectivity index (χ4n) is 1.96. The topological polar surface area (TPSA) is 70.2 Å². The lowest BCUT2D eigenvalue weighted by Crippen LogP contribution is -2.23. The minimum absolute atomic E-state index is 0.113. The minimum Gasteiger partial charge on any atom is -0.376 e. The predicted octanol–water partition coefficient (Wildman–Crippen LogP) is 3.14. The molecular formula is C17H18ClN3O2. The van der Waals surface area contributed by atoms with E-state index in [2.05, 4.69) is 16.0 Å². The summed E-state index contributed by atoms with van der Waals surface area (Å²) in [7, 11) is 0. The van der Waals surface area contributed by atoms with Crippen molar-refractivity contribution in [2.24, 2.45) is 0 Å². The summed E-state index contributed by atoms with van der Waals surface area (Å²) < 4.78 is 0. The molecule has 0 aliphatic rings. The summed E-state index contributed by atoms with van der Waals surface area (Å²) in [5.74, 6) is -0.294. The Labute approximate surface area is 140 Å². The molecule has 0 radical (unpaired) electrons. The van der Waals surface area contributed by atoms with Crippen LogP contribution >= 0.6 is 11.6 Å². The molecule has 0 bridgehead atoms. The quantitative estimate of drug-likeness (QED) is 0.761. The highest BCUT2D eigenvalue weighted by atomic mass is 35.5. The monoisotopic (exact) mass is 331 g/mol. The van der Waals surface area contributed by atoms with Crippen molar-refractivity contribution in [3.8, 4) is 0 Å². The van der Waals surface area contributed by atoms with Crippen LogP contribution in [0.2, 0.25) is 5.02 Å². The van der Waals surface area contributed by atoms with Crippen LogP contribution in [-0.4, -0.2) is 24.9 Å². The third-order valence-corrected chi connectivity index (χ3v) is 3.28. The standard InChI is InChI=1S/C17H18ClN3O2/c1-2-19-17(23)12-6-8-14(9-7-12)20-11-16(22)21-15-5-3-4-13(18)10-15/h3-10,20H,2,11H2,1H3,(H,19,23)(H,21,22). The highest BCUT2D eigenvalue weighted by Crippen LogP contribution is 2.15. The zero-order chi connectivity index (χ0) is 16.7. The van der Waals surface area contributed by atoms with Crippen molar-refractivity contribution in [2.75, 3.05) is 23.7 Å². The molecular weight excluding hydrogens is 314 g/mol. The van der Waals surface area contributed by atoms with Gasteiger partial charge in [-0.25, -0.2) is 0 Å². The van der Waals surface area contributed by atoms with Crippen LogP contribution in [0.5, 0.6) is 0 Å². The van der Waals surface area contributed by atoms with Gasteiger partial charge in [0.05, 0.1) is 6.54 Å². The van der Waals surface area contributed by atoms with Gasteiger partial charge < -0.3 is 16.0 Å². The van der Waals surface area contributed by atoms with Gasteiger partial charge in [0.25, 0.3) is 5.91 Å². The second-order valence-electron chi connectivity index (χ2n) is 4.85. The van der Waals surface area contributed by atoms with Gasteiger partial charge >= 0.3 is 0 Å². The molecule has 0 spiro atoms. The first-order chi connectivity index (χ1) is 11.1. The Morgan fingerprint density at radius 3 is 2.43 bits per heavy atom. The normalized spacial score (nSPS) is 10.0. The van der Waals surface area contributed by atoms with Crippen LogP contribution in [0.1, 0.15) is 17.3 Å². The Morgan fingerprint density at radius 2 is 1.78 bits per heavy atom. The molecule has 0 aromatic heterocycles. The van der Waals surface area contributed by atoms with E-state index in [-0.39, 0.29) is 18.4 Å². The average Bonchev–Trinajstić information content (AvgIpc) is 2.54. The number of nitrogens with one attached hydrogen (secondary N) is 3. The fourth-order valence-corrected chi connectivity index (χ4v) is 2.15. The summed E-state index contributed by atoms with van der Waals surface area (Å²) >= 11 is 5.86. The van der Waals surface area contributed by atoms with E-state index < -0.39 is 0 Å². The van der Waals surface area contributed by atoms with Crippen LogP contribution in [0, 0.1) is 0 Å². The molecule has 3 N–H and O–H groups in total. The molecule has 0 unspecified atom stereocenters. The lowest BCUT2D eigenvalue weighted by Gasteiger charge is -2.09. The Morgan fingerprint density at radius 1 is 1.04 bits per heavy atom. The molecule has 2 rings (SSSR count). The predicted molar refractivity (Wildman–Crippen MR) is 93.0 cm³/mol. The van der Waals surface area contributed by atoms with Gasteiger partial charge in [0.1, 0.15) is 0 Å². The number of hydrogen-bond donors (Lipinski definition) is 3. The number of benzene rings is 2. The van der Waals surface area contributed by atoms with Gasteiger partial charge in [-0.1, -0.05) is 17.7 Å². The van der Waals surface area contributed by atoms with Crippen LogP contribution in [0.15, 0.2) is 48.5 Å². The second-order valence-corrected chi connectivity index (χ2v) is 5.29. The van der Waals surface area contributed by atoms with Crippen LogP contribution in [-0.2, 0) is 4.79 Å². The molecule has 0 saturated heterocycles. The van der Waals surface area contributed by atoms with E-state index in [0.29, 0.717) is 22.8 Å². The van der Waals surface area contributed by atoms with Crippen LogP contribution in [0.4, 0.5) is 11.4 Å². The Bertz CT molecular complexity index is 686. The molecule has 5 nitrogen and oxygen atoms in total. The highest BCUT2D eigenvalue weighted by molar-refractivity contribution is 6.30. The van der Waals surface area contributed by atoms with E-state index in [4.69, 9.17) is 11.6 Å². The summed E-state index contributed by atoms with van der Waals surface area (Å²) in [6, 6.07) is 13.9. The minimum atomic E-state index is -0.180. The summed E-state index contributed by atoms with van der Waals surface area (Å²) in [5, 5.41) is 9.05. The maximum Gasteiger partial charge on any atom is 0.251 e. The molecule has 0 aliphatic carbocycles. The molecule has 2 aromatic carbocycles. The number of carbonyl (C=O) groups excluding carboxylic acids is 2. The van der Waals surface area contributed by atoms with Crippen LogP contribution in [0.3, 0.4) is 0 Å². The number of hydrogen-bond acceptors (Lipinski definition) is 3.